The summed E-state index contributed by atoms with van der Waals surface area (Å²) in [5.74, 6) is 0.245. The van der Waals surface area contributed by atoms with E-state index in [-0.39, 0.29) is 28.6 Å². The number of likely N-dealkylation sites (N-methyl/N-ethyl adjacent to an activating group) is 1. The lowest BCUT2D eigenvalue weighted by atomic mass is 9.91. The maximum Gasteiger partial charge on any atom is 0.349 e. The zero-order valence-electron chi connectivity index (χ0n) is 33.2. The molecule has 6 rings (SSSR count). The lowest BCUT2D eigenvalue weighted by Gasteiger charge is -2.39. The molecule has 1 saturated carbocycles. The van der Waals surface area contributed by atoms with Gasteiger partial charge in [0.1, 0.15) is 24.2 Å². The van der Waals surface area contributed by atoms with Crippen LogP contribution in [-0.4, -0.2) is 73.3 Å². The molecule has 0 radical (unpaired) electrons. The molecule has 5 aromatic rings. The van der Waals surface area contributed by atoms with E-state index in [1.165, 1.54) is 28.7 Å². The van der Waals surface area contributed by atoms with E-state index in [1.54, 1.807) is 24.3 Å². The summed E-state index contributed by atoms with van der Waals surface area (Å²) in [5.41, 5.74) is 0.408. The van der Waals surface area contributed by atoms with Crippen molar-refractivity contribution in [1.29, 1.82) is 0 Å². The molecule has 0 amide bonds. The van der Waals surface area contributed by atoms with Crippen molar-refractivity contribution in [2.45, 2.75) is 95.0 Å². The number of phenolic OH excluding ortho intramolecular Hbond substituents is 1. The lowest BCUT2D eigenvalue weighted by Crippen LogP contribution is -2.43. The van der Waals surface area contributed by atoms with Gasteiger partial charge in [-0.3, -0.25) is 4.79 Å². The Balaban J connectivity index is 0.968. The van der Waals surface area contributed by atoms with Crippen LogP contribution in [0.3, 0.4) is 0 Å². The molecule has 1 fully saturated rings. The number of esters is 1. The van der Waals surface area contributed by atoms with Crippen LogP contribution >= 0.6 is 22.7 Å². The SMILES string of the molecule is CN(CCOc1ccc(CNC[C@H](O[Si](C)(C)C(C)(C)C)c2ccc(O)c3[nH]c(=O)ccc23)cc1)C1CCC(OC(=O)C(O)(c2cccs2)c2cccs2)CC1. The van der Waals surface area contributed by atoms with Crippen molar-refractivity contribution < 1.29 is 28.9 Å². The normalized spacial score (nSPS) is 17.3. The van der Waals surface area contributed by atoms with Gasteiger partial charge in [0, 0.05) is 37.1 Å². The molecule has 2 aromatic carbocycles. The number of rotatable bonds is 16. The highest BCUT2D eigenvalue weighted by Crippen LogP contribution is 2.41. The predicted molar refractivity (Wildman–Crippen MR) is 227 cm³/mol. The van der Waals surface area contributed by atoms with Crippen LogP contribution in [0.5, 0.6) is 11.5 Å². The minimum atomic E-state index is -2.18. The second-order valence-corrected chi connectivity index (χ2v) is 22.9. The number of hydrogen-bond acceptors (Lipinski definition) is 11. The molecule has 10 nitrogen and oxygen atoms in total. The number of benzene rings is 2. The van der Waals surface area contributed by atoms with Crippen molar-refractivity contribution in [3.05, 3.63) is 115 Å². The number of nitrogens with zero attached hydrogens (tertiary/aromatic N) is 1. The molecule has 0 bridgehead atoms. The van der Waals surface area contributed by atoms with Gasteiger partial charge in [0.25, 0.3) is 0 Å². The molecular formula is C43H55N3O7S2Si. The summed E-state index contributed by atoms with van der Waals surface area (Å²) in [6, 6.07) is 22.5. The van der Waals surface area contributed by atoms with Crippen molar-refractivity contribution in [3.8, 4) is 11.5 Å². The largest absolute Gasteiger partial charge is 0.506 e. The molecule has 0 aliphatic heterocycles. The van der Waals surface area contributed by atoms with Crippen LogP contribution in [0, 0.1) is 0 Å². The van der Waals surface area contributed by atoms with Crippen molar-refractivity contribution in [1.82, 2.24) is 15.2 Å². The summed E-state index contributed by atoms with van der Waals surface area (Å²) >= 11 is 2.71. The molecule has 56 heavy (non-hydrogen) atoms. The average Bonchev–Trinajstić information content (AvgIpc) is 3.92. The van der Waals surface area contributed by atoms with Gasteiger partial charge in [-0.1, -0.05) is 51.1 Å². The van der Waals surface area contributed by atoms with E-state index >= 15 is 0 Å². The highest BCUT2D eigenvalue weighted by atomic mass is 32.1. The van der Waals surface area contributed by atoms with Gasteiger partial charge in [-0.2, -0.15) is 0 Å². The molecule has 1 aliphatic carbocycles. The van der Waals surface area contributed by atoms with Crippen molar-refractivity contribution in [3.63, 3.8) is 0 Å². The maximum atomic E-state index is 13.4. The van der Waals surface area contributed by atoms with Gasteiger partial charge in [0.15, 0.2) is 8.32 Å². The van der Waals surface area contributed by atoms with Gasteiger partial charge < -0.3 is 39.3 Å². The molecule has 3 aromatic heterocycles. The molecule has 4 N–H and O–H groups in total. The van der Waals surface area contributed by atoms with Gasteiger partial charge in [0.05, 0.1) is 21.4 Å². The molecule has 0 saturated heterocycles. The highest BCUT2D eigenvalue weighted by Gasteiger charge is 2.45. The first-order valence-corrected chi connectivity index (χ1v) is 24.0. The molecule has 0 spiro atoms. The Hall–Kier alpha value is -3.82. The van der Waals surface area contributed by atoms with Crippen LogP contribution < -0.4 is 15.6 Å². The fourth-order valence-electron chi connectivity index (χ4n) is 6.96. The van der Waals surface area contributed by atoms with Gasteiger partial charge in [-0.15, -0.1) is 22.7 Å². The first-order valence-electron chi connectivity index (χ1n) is 19.3. The van der Waals surface area contributed by atoms with Crippen molar-refractivity contribution >= 4 is 47.9 Å². The Kier molecular flexibility index (Phi) is 13.3. The number of carbonyl (C=O) groups is 1. The third-order valence-corrected chi connectivity index (χ3v) is 17.8. The summed E-state index contributed by atoms with van der Waals surface area (Å²) in [6.07, 6.45) is 2.78. The number of phenols is 1. The number of hydrogen-bond donors (Lipinski definition) is 4. The molecule has 1 atom stereocenters. The standard InChI is InChI=1S/C43H55N3O7S2Si/c1-42(2,3)56(5,6)53-36(33-19-21-35(47)40-34(33)20-22-39(48)45-40)28-44-27-29-11-15-31(16-12-29)51-24-23-46(4)30-13-17-32(18-14-30)52-41(49)43(50,37-9-7-25-54-37)38-10-8-26-55-38/h7-12,15-16,19-22,25-26,30,32,36,44,47,50H,13-14,17-18,23-24,27-28H2,1-6H3,(H,45,48)/t30?,32?,36-/m0/s1. The number of aromatic hydroxyl groups is 1. The van der Waals surface area contributed by atoms with Crippen molar-refractivity contribution in [2.24, 2.45) is 0 Å². The summed E-state index contributed by atoms with van der Waals surface area (Å²) in [6.45, 7) is 13.6. The van der Waals surface area contributed by atoms with E-state index in [0.29, 0.717) is 41.0 Å². The highest BCUT2D eigenvalue weighted by molar-refractivity contribution is 7.12. The molecule has 300 valence electrons. The minimum absolute atomic E-state index is 0.00293. The van der Waals surface area contributed by atoms with E-state index in [9.17, 15) is 19.8 Å². The fourth-order valence-corrected chi connectivity index (χ4v) is 9.95. The Labute approximate surface area is 338 Å². The van der Waals surface area contributed by atoms with E-state index in [1.807, 2.05) is 41.1 Å². The number of pyridine rings is 1. The van der Waals surface area contributed by atoms with Gasteiger partial charge >= 0.3 is 5.97 Å². The number of aromatic nitrogens is 1. The number of fused-ring (bicyclic) bond motifs is 1. The molecule has 0 unspecified atom stereocenters. The lowest BCUT2D eigenvalue weighted by molar-refractivity contribution is -0.169. The van der Waals surface area contributed by atoms with Crippen LogP contribution in [0.2, 0.25) is 18.1 Å². The minimum Gasteiger partial charge on any atom is -0.506 e. The number of ether oxygens (including phenoxy) is 2. The summed E-state index contributed by atoms with van der Waals surface area (Å²) in [5, 5.41) is 30.1. The van der Waals surface area contributed by atoms with Gasteiger partial charge in [0.2, 0.25) is 11.2 Å². The molecule has 13 heteroatoms. The number of thiophene rings is 2. The first kappa shape index (κ1) is 41.8. The zero-order chi connectivity index (χ0) is 40.1. The summed E-state index contributed by atoms with van der Waals surface area (Å²) in [4.78, 5) is 31.7. The maximum absolute atomic E-state index is 13.4. The number of H-pyrrole nitrogens is 1. The Morgan fingerprint density at radius 3 is 2.23 bits per heavy atom. The smallest absolute Gasteiger partial charge is 0.349 e. The second-order valence-electron chi connectivity index (χ2n) is 16.3. The number of carbonyl (C=O) groups excluding carboxylic acids is 1. The van der Waals surface area contributed by atoms with E-state index in [0.717, 1.165) is 54.5 Å². The third-order valence-electron chi connectivity index (χ3n) is 11.4. The fraction of sp³-hybridized carbons (Fsp3) is 0.442. The molecular weight excluding hydrogens is 763 g/mol. The van der Waals surface area contributed by atoms with Gasteiger partial charge in [-0.25, -0.2) is 4.79 Å². The van der Waals surface area contributed by atoms with Crippen LogP contribution in [0.25, 0.3) is 10.9 Å². The zero-order valence-corrected chi connectivity index (χ0v) is 35.8. The monoisotopic (exact) mass is 817 g/mol. The van der Waals surface area contributed by atoms with Crippen LogP contribution in [0.15, 0.2) is 88.4 Å². The van der Waals surface area contributed by atoms with Crippen LogP contribution in [0.4, 0.5) is 0 Å². The van der Waals surface area contributed by atoms with Crippen LogP contribution in [-0.2, 0) is 26.1 Å². The third kappa shape index (κ3) is 9.64. The Morgan fingerprint density at radius 2 is 1.62 bits per heavy atom. The second kappa shape index (κ2) is 17.8. The van der Waals surface area contributed by atoms with E-state index in [2.05, 4.69) is 68.2 Å². The van der Waals surface area contributed by atoms with E-state index < -0.39 is 19.9 Å². The van der Waals surface area contributed by atoms with Gasteiger partial charge in [-0.05, 0) is 109 Å². The topological polar surface area (TPSA) is 133 Å². The number of aliphatic hydroxyl groups is 1. The average molecular weight is 818 g/mol. The Morgan fingerprint density at radius 1 is 0.964 bits per heavy atom. The predicted octanol–water partition coefficient (Wildman–Crippen LogP) is 8.31. The Bertz CT molecular complexity index is 2050. The molecule has 3 heterocycles. The number of aromatic amines is 1. The van der Waals surface area contributed by atoms with Crippen molar-refractivity contribution in [2.75, 3.05) is 26.7 Å². The number of nitrogens with one attached hydrogen (secondary N) is 2. The van der Waals surface area contributed by atoms with E-state index in [4.69, 9.17) is 13.9 Å². The van der Waals surface area contributed by atoms with Crippen LogP contribution in [0.1, 0.15) is 73.4 Å². The summed E-state index contributed by atoms with van der Waals surface area (Å²) in [7, 11) is -0.0698. The first-order chi connectivity index (χ1) is 26.7. The quantitative estimate of drug-likeness (QED) is 0.0574. The summed E-state index contributed by atoms with van der Waals surface area (Å²) < 4.78 is 19.0. The molecule has 1 aliphatic rings.